The summed E-state index contributed by atoms with van der Waals surface area (Å²) in [5.74, 6) is 1.78. The van der Waals surface area contributed by atoms with Gasteiger partial charge in [-0.2, -0.15) is 0 Å². The predicted molar refractivity (Wildman–Crippen MR) is 84.0 cm³/mol. The van der Waals surface area contributed by atoms with Crippen molar-refractivity contribution in [3.63, 3.8) is 0 Å². The topological polar surface area (TPSA) is 38.5 Å². The van der Waals surface area contributed by atoms with Crippen LogP contribution in [0.25, 0.3) is 0 Å². The number of methoxy groups -OCH3 is 1. The van der Waals surface area contributed by atoms with E-state index in [2.05, 4.69) is 30.9 Å². The molecule has 1 aromatic rings. The fourth-order valence-electron chi connectivity index (χ4n) is 3.29. The lowest BCUT2D eigenvalue weighted by molar-refractivity contribution is 0.178. The Kier molecular flexibility index (Phi) is 5.44. The normalized spacial score (nSPS) is 23.9. The Balaban J connectivity index is 2.26. The second-order valence-corrected chi connectivity index (χ2v) is 6.12. The van der Waals surface area contributed by atoms with Gasteiger partial charge in [-0.15, -0.1) is 0 Å². The van der Waals surface area contributed by atoms with Crippen LogP contribution < -0.4 is 10.5 Å². The first kappa shape index (κ1) is 15.3. The van der Waals surface area contributed by atoms with Gasteiger partial charge in [0.15, 0.2) is 0 Å². The van der Waals surface area contributed by atoms with Gasteiger partial charge in [-0.05, 0) is 51.3 Å². The first-order chi connectivity index (χ1) is 9.63. The van der Waals surface area contributed by atoms with Crippen molar-refractivity contribution in [2.45, 2.75) is 45.2 Å². The van der Waals surface area contributed by atoms with E-state index in [0.717, 1.165) is 24.8 Å². The summed E-state index contributed by atoms with van der Waals surface area (Å²) in [6.07, 6.45) is 3.85. The average Bonchev–Trinajstić information content (AvgIpc) is 2.64. The Bertz CT molecular complexity index is 419. The van der Waals surface area contributed by atoms with Crippen LogP contribution in [0.4, 0.5) is 0 Å². The molecule has 3 unspecified atom stereocenters. The molecule has 0 aliphatic carbocycles. The van der Waals surface area contributed by atoms with Crippen molar-refractivity contribution < 1.29 is 4.74 Å². The van der Waals surface area contributed by atoms with Crippen molar-refractivity contribution in [1.29, 1.82) is 0 Å². The van der Waals surface area contributed by atoms with E-state index in [1.807, 2.05) is 12.1 Å². The molecule has 0 aromatic heterocycles. The number of hydrogen-bond donors (Lipinski definition) is 1. The number of benzene rings is 1. The number of rotatable bonds is 4. The summed E-state index contributed by atoms with van der Waals surface area (Å²) in [5.41, 5.74) is 7.53. The first-order valence-electron chi connectivity index (χ1n) is 7.76. The molecular weight excluding hydrogens is 248 g/mol. The van der Waals surface area contributed by atoms with E-state index in [4.69, 9.17) is 10.5 Å². The zero-order chi connectivity index (χ0) is 14.5. The molecule has 1 aliphatic rings. The van der Waals surface area contributed by atoms with Crippen LogP contribution in [0, 0.1) is 5.92 Å². The first-order valence-corrected chi connectivity index (χ1v) is 7.76. The van der Waals surface area contributed by atoms with E-state index in [0.29, 0.717) is 0 Å². The molecule has 0 bridgehead atoms. The highest BCUT2D eigenvalue weighted by molar-refractivity contribution is 5.36. The second kappa shape index (κ2) is 7.09. The molecule has 112 valence electrons. The maximum atomic E-state index is 6.31. The molecular formula is C17H28N2O. The van der Waals surface area contributed by atoms with Gasteiger partial charge in [0.2, 0.25) is 0 Å². The number of nitrogens with zero attached hydrogens (tertiary/aromatic N) is 1. The zero-order valence-corrected chi connectivity index (χ0v) is 13.0. The van der Waals surface area contributed by atoms with Crippen molar-refractivity contribution in [2.75, 3.05) is 20.2 Å². The minimum absolute atomic E-state index is 0.0970. The summed E-state index contributed by atoms with van der Waals surface area (Å²) in [7, 11) is 1.74. The van der Waals surface area contributed by atoms with Crippen LogP contribution in [0.3, 0.4) is 0 Å². The lowest BCUT2D eigenvalue weighted by Gasteiger charge is -2.34. The molecule has 3 heteroatoms. The van der Waals surface area contributed by atoms with Crippen LogP contribution >= 0.6 is 0 Å². The summed E-state index contributed by atoms with van der Waals surface area (Å²) in [5, 5.41) is 0. The molecule has 2 rings (SSSR count). The van der Waals surface area contributed by atoms with Gasteiger partial charge in [0.25, 0.3) is 0 Å². The lowest BCUT2D eigenvalue weighted by atomic mass is 9.97. The van der Waals surface area contributed by atoms with E-state index in [-0.39, 0.29) is 12.1 Å². The highest BCUT2D eigenvalue weighted by Crippen LogP contribution is 2.33. The van der Waals surface area contributed by atoms with Gasteiger partial charge in [0.1, 0.15) is 5.75 Å². The molecule has 0 radical (unpaired) electrons. The standard InChI is InChI=1S/C17H28N2O/c1-13-7-6-11-19(12-10-13)17(14(2)18)15-8-4-5-9-16(15)20-3/h4-5,8-9,13-14,17H,6-7,10-12,18H2,1-3H3. The number of nitrogens with two attached hydrogens (primary N) is 1. The summed E-state index contributed by atoms with van der Waals surface area (Å²) < 4.78 is 5.54. The molecule has 3 atom stereocenters. The molecule has 1 fully saturated rings. The lowest BCUT2D eigenvalue weighted by Crippen LogP contribution is -2.40. The highest BCUT2D eigenvalue weighted by Gasteiger charge is 2.28. The van der Waals surface area contributed by atoms with E-state index in [1.165, 1.54) is 24.8 Å². The minimum atomic E-state index is 0.0970. The molecule has 0 saturated carbocycles. The molecule has 0 spiro atoms. The van der Waals surface area contributed by atoms with E-state index in [1.54, 1.807) is 7.11 Å². The van der Waals surface area contributed by atoms with E-state index < -0.39 is 0 Å². The Hall–Kier alpha value is -1.06. The van der Waals surface area contributed by atoms with E-state index in [9.17, 15) is 0 Å². The monoisotopic (exact) mass is 276 g/mol. The third-order valence-corrected chi connectivity index (χ3v) is 4.40. The third-order valence-electron chi connectivity index (χ3n) is 4.40. The smallest absolute Gasteiger partial charge is 0.123 e. The van der Waals surface area contributed by atoms with Crippen LogP contribution in [0.1, 0.15) is 44.7 Å². The minimum Gasteiger partial charge on any atom is -0.496 e. The molecule has 3 nitrogen and oxygen atoms in total. The fourth-order valence-corrected chi connectivity index (χ4v) is 3.29. The number of likely N-dealkylation sites (tertiary alicyclic amines) is 1. The fraction of sp³-hybridized carbons (Fsp3) is 0.647. The van der Waals surface area contributed by atoms with Crippen molar-refractivity contribution in [3.05, 3.63) is 29.8 Å². The molecule has 0 amide bonds. The van der Waals surface area contributed by atoms with Crippen LogP contribution in [-0.4, -0.2) is 31.1 Å². The summed E-state index contributed by atoms with van der Waals surface area (Å²) in [6.45, 7) is 6.72. The zero-order valence-electron chi connectivity index (χ0n) is 13.0. The van der Waals surface area contributed by atoms with Crippen molar-refractivity contribution in [1.82, 2.24) is 4.90 Å². The van der Waals surface area contributed by atoms with Crippen molar-refractivity contribution >= 4 is 0 Å². The van der Waals surface area contributed by atoms with Crippen molar-refractivity contribution in [3.8, 4) is 5.75 Å². The Morgan fingerprint density at radius 1 is 1.25 bits per heavy atom. The van der Waals surface area contributed by atoms with E-state index >= 15 is 0 Å². The maximum absolute atomic E-state index is 6.31. The predicted octanol–water partition coefficient (Wildman–Crippen LogP) is 3.21. The van der Waals surface area contributed by atoms with Gasteiger partial charge in [-0.1, -0.05) is 25.1 Å². The summed E-state index contributed by atoms with van der Waals surface area (Å²) in [4.78, 5) is 2.55. The molecule has 2 N–H and O–H groups in total. The van der Waals surface area contributed by atoms with Gasteiger partial charge in [0, 0.05) is 11.6 Å². The Morgan fingerprint density at radius 2 is 2.00 bits per heavy atom. The molecule has 1 heterocycles. The van der Waals surface area contributed by atoms with Gasteiger partial charge in [-0.3, -0.25) is 4.90 Å². The van der Waals surface area contributed by atoms with Gasteiger partial charge in [-0.25, -0.2) is 0 Å². The van der Waals surface area contributed by atoms with Crippen molar-refractivity contribution in [2.24, 2.45) is 11.7 Å². The van der Waals surface area contributed by atoms with Gasteiger partial charge in [0.05, 0.1) is 13.2 Å². The SMILES string of the molecule is COc1ccccc1C(C(C)N)N1CCCC(C)CC1. The number of hydrogen-bond acceptors (Lipinski definition) is 3. The third kappa shape index (κ3) is 3.53. The second-order valence-electron chi connectivity index (χ2n) is 6.12. The summed E-state index contributed by atoms with van der Waals surface area (Å²) >= 11 is 0. The largest absolute Gasteiger partial charge is 0.496 e. The highest BCUT2D eigenvalue weighted by atomic mass is 16.5. The van der Waals surface area contributed by atoms with Crippen LogP contribution in [-0.2, 0) is 0 Å². The molecule has 1 saturated heterocycles. The van der Waals surface area contributed by atoms with Crippen LogP contribution in [0.5, 0.6) is 5.75 Å². The molecule has 20 heavy (non-hydrogen) atoms. The molecule has 1 aliphatic heterocycles. The number of para-hydroxylation sites is 1. The Labute approximate surface area is 123 Å². The van der Waals surface area contributed by atoms with Gasteiger partial charge < -0.3 is 10.5 Å². The molecule has 1 aromatic carbocycles. The van der Waals surface area contributed by atoms with Gasteiger partial charge >= 0.3 is 0 Å². The quantitative estimate of drug-likeness (QED) is 0.917. The summed E-state index contributed by atoms with van der Waals surface area (Å²) in [6, 6.07) is 8.63. The van der Waals surface area contributed by atoms with Crippen LogP contribution in [0.2, 0.25) is 0 Å². The maximum Gasteiger partial charge on any atom is 0.123 e. The Morgan fingerprint density at radius 3 is 2.70 bits per heavy atom. The number of ether oxygens (including phenoxy) is 1. The average molecular weight is 276 g/mol. The van der Waals surface area contributed by atoms with Crippen LogP contribution in [0.15, 0.2) is 24.3 Å².